The molecule has 0 aliphatic carbocycles. The molecule has 2 aromatic rings. The van der Waals surface area contributed by atoms with Crippen LogP contribution in [0, 0.1) is 0 Å². The Kier molecular flexibility index (Phi) is 6.61. The van der Waals surface area contributed by atoms with Crippen molar-refractivity contribution in [2.75, 3.05) is 31.5 Å². The molecule has 28 heavy (non-hydrogen) atoms. The first-order valence-electron chi connectivity index (χ1n) is 8.43. The van der Waals surface area contributed by atoms with E-state index in [1.165, 1.54) is 23.8 Å². The average molecular weight is 419 g/mol. The molecular formula is C20H19ClN2O4S. The molecule has 146 valence electrons. The van der Waals surface area contributed by atoms with Gasteiger partial charge in [-0.3, -0.25) is 9.69 Å². The van der Waals surface area contributed by atoms with E-state index < -0.39 is 0 Å². The molecule has 0 saturated carbocycles. The number of halogens is 1. The van der Waals surface area contributed by atoms with Crippen molar-refractivity contribution in [2.24, 2.45) is 4.99 Å². The van der Waals surface area contributed by atoms with Crippen LogP contribution >= 0.6 is 23.4 Å². The van der Waals surface area contributed by atoms with Gasteiger partial charge in [-0.15, -0.1) is 0 Å². The van der Waals surface area contributed by atoms with Gasteiger partial charge in [-0.1, -0.05) is 35.5 Å². The third-order valence-electron chi connectivity index (χ3n) is 3.96. The van der Waals surface area contributed by atoms with E-state index >= 15 is 0 Å². The molecule has 6 nitrogen and oxygen atoms in total. The lowest BCUT2D eigenvalue weighted by molar-refractivity contribution is -0.113. The number of amidine groups is 1. The molecule has 3 rings (SSSR count). The van der Waals surface area contributed by atoms with Gasteiger partial charge >= 0.3 is 0 Å². The molecule has 0 spiro atoms. The molecule has 0 atom stereocenters. The van der Waals surface area contributed by atoms with Crippen molar-refractivity contribution in [3.63, 3.8) is 0 Å². The van der Waals surface area contributed by atoms with Crippen molar-refractivity contribution >= 4 is 46.2 Å². The fourth-order valence-corrected chi connectivity index (χ4v) is 3.55. The van der Waals surface area contributed by atoms with E-state index in [4.69, 9.17) is 21.1 Å². The van der Waals surface area contributed by atoms with Crippen LogP contribution in [-0.2, 0) is 4.79 Å². The lowest BCUT2D eigenvalue weighted by Gasteiger charge is -2.18. The highest BCUT2D eigenvalue weighted by Gasteiger charge is 2.32. The Bertz CT molecular complexity index is 928. The van der Waals surface area contributed by atoms with Crippen molar-refractivity contribution in [3.8, 4) is 11.5 Å². The Morgan fingerprint density at radius 3 is 2.57 bits per heavy atom. The van der Waals surface area contributed by atoms with Gasteiger partial charge in [-0.05, 0) is 35.9 Å². The molecule has 0 radical (unpaired) electrons. The van der Waals surface area contributed by atoms with Crippen molar-refractivity contribution in [1.82, 2.24) is 0 Å². The van der Waals surface area contributed by atoms with Crippen LogP contribution in [0.3, 0.4) is 0 Å². The fraction of sp³-hybridized carbons (Fsp3) is 0.200. The standard InChI is InChI=1S/C20H19ClN2O4S/c1-26-15-6-3-13(4-7-15)11-17-19(25)23(20(22-17)28-10-9-24)14-5-8-16(21)18(12-14)27-2/h3-8,11-12,24H,9-10H2,1-2H3/b17-11-. The summed E-state index contributed by atoms with van der Waals surface area (Å²) in [5.74, 6) is 1.35. The molecule has 0 unspecified atom stereocenters. The van der Waals surface area contributed by atoms with Gasteiger partial charge in [0.15, 0.2) is 5.17 Å². The van der Waals surface area contributed by atoms with Crippen LogP contribution in [0.1, 0.15) is 5.56 Å². The Morgan fingerprint density at radius 1 is 1.18 bits per heavy atom. The zero-order valence-electron chi connectivity index (χ0n) is 15.4. The van der Waals surface area contributed by atoms with Crippen LogP contribution in [0.5, 0.6) is 11.5 Å². The minimum atomic E-state index is -0.263. The summed E-state index contributed by atoms with van der Waals surface area (Å²) in [6.45, 7) is -0.0207. The predicted molar refractivity (Wildman–Crippen MR) is 113 cm³/mol. The summed E-state index contributed by atoms with van der Waals surface area (Å²) in [5, 5.41) is 10.1. The molecule has 1 amide bonds. The summed E-state index contributed by atoms with van der Waals surface area (Å²) in [7, 11) is 3.11. The minimum Gasteiger partial charge on any atom is -0.497 e. The van der Waals surface area contributed by atoms with Crippen molar-refractivity contribution in [1.29, 1.82) is 0 Å². The lowest BCUT2D eigenvalue weighted by Crippen LogP contribution is -2.30. The fourth-order valence-electron chi connectivity index (χ4n) is 2.60. The molecule has 0 saturated heterocycles. The predicted octanol–water partition coefficient (Wildman–Crippen LogP) is 3.83. The zero-order valence-corrected chi connectivity index (χ0v) is 17.0. The van der Waals surface area contributed by atoms with Crippen LogP contribution in [-0.4, -0.2) is 42.8 Å². The third-order valence-corrected chi connectivity index (χ3v) is 5.20. The quantitative estimate of drug-likeness (QED) is 0.722. The van der Waals surface area contributed by atoms with Gasteiger partial charge in [0.05, 0.1) is 31.5 Å². The van der Waals surface area contributed by atoms with E-state index in [0.717, 1.165) is 11.3 Å². The maximum Gasteiger partial charge on any atom is 0.283 e. The van der Waals surface area contributed by atoms with Crippen LogP contribution in [0.15, 0.2) is 53.2 Å². The van der Waals surface area contributed by atoms with Crippen LogP contribution in [0.2, 0.25) is 5.02 Å². The summed E-state index contributed by atoms with van der Waals surface area (Å²) in [6, 6.07) is 12.4. The largest absolute Gasteiger partial charge is 0.497 e. The smallest absolute Gasteiger partial charge is 0.283 e. The molecule has 0 fully saturated rings. The molecule has 1 N–H and O–H groups in total. The van der Waals surface area contributed by atoms with Crippen molar-refractivity contribution in [3.05, 3.63) is 58.7 Å². The van der Waals surface area contributed by atoms with E-state index in [2.05, 4.69) is 4.99 Å². The summed E-state index contributed by atoms with van der Waals surface area (Å²) < 4.78 is 10.4. The lowest BCUT2D eigenvalue weighted by atomic mass is 10.2. The number of ether oxygens (including phenoxy) is 2. The topological polar surface area (TPSA) is 71.4 Å². The number of aliphatic hydroxyl groups excluding tert-OH is 1. The van der Waals surface area contributed by atoms with Gasteiger partial charge in [-0.2, -0.15) is 0 Å². The first-order valence-corrected chi connectivity index (χ1v) is 9.80. The number of thioether (sulfide) groups is 1. The SMILES string of the molecule is COc1ccc(/C=C2\N=C(SCCO)N(c3ccc(Cl)c(OC)c3)C2=O)cc1. The Morgan fingerprint density at radius 2 is 1.93 bits per heavy atom. The summed E-state index contributed by atoms with van der Waals surface area (Å²) >= 11 is 7.40. The summed E-state index contributed by atoms with van der Waals surface area (Å²) in [4.78, 5) is 19.0. The van der Waals surface area contributed by atoms with Gasteiger partial charge in [0.25, 0.3) is 5.91 Å². The van der Waals surface area contributed by atoms with E-state index in [-0.39, 0.29) is 12.5 Å². The molecule has 1 heterocycles. The number of amides is 1. The molecule has 1 aliphatic rings. The number of aliphatic imine (C=N–C) groups is 1. The maximum atomic E-state index is 13.1. The summed E-state index contributed by atoms with van der Waals surface area (Å²) in [5.41, 5.74) is 1.73. The van der Waals surface area contributed by atoms with Crippen LogP contribution in [0.25, 0.3) is 6.08 Å². The normalized spacial score (nSPS) is 15.1. The van der Waals surface area contributed by atoms with Gasteiger partial charge in [0, 0.05) is 11.8 Å². The van der Waals surface area contributed by atoms with Crippen LogP contribution in [0.4, 0.5) is 5.69 Å². The molecule has 1 aliphatic heterocycles. The van der Waals surface area contributed by atoms with Crippen molar-refractivity contribution < 1.29 is 19.4 Å². The van der Waals surface area contributed by atoms with E-state index in [1.807, 2.05) is 24.3 Å². The Labute approximate surface area is 172 Å². The number of carbonyl (C=O) groups is 1. The zero-order chi connectivity index (χ0) is 20.1. The molecule has 0 aromatic heterocycles. The van der Waals surface area contributed by atoms with E-state index in [0.29, 0.717) is 33.1 Å². The number of rotatable bonds is 6. The first kappa shape index (κ1) is 20.3. The number of hydrogen-bond donors (Lipinski definition) is 1. The second-order valence-electron chi connectivity index (χ2n) is 5.73. The molecular weight excluding hydrogens is 400 g/mol. The number of aliphatic hydroxyl groups is 1. The van der Waals surface area contributed by atoms with Crippen LogP contribution < -0.4 is 14.4 Å². The van der Waals surface area contributed by atoms with Gasteiger partial charge in [0.1, 0.15) is 17.2 Å². The number of hydrogen-bond acceptors (Lipinski definition) is 6. The van der Waals surface area contributed by atoms with Crippen molar-refractivity contribution in [2.45, 2.75) is 0 Å². The van der Waals surface area contributed by atoms with Gasteiger partial charge in [-0.25, -0.2) is 4.99 Å². The highest BCUT2D eigenvalue weighted by Crippen LogP contribution is 2.34. The summed E-state index contributed by atoms with van der Waals surface area (Å²) in [6.07, 6.45) is 1.72. The van der Waals surface area contributed by atoms with Gasteiger partial charge in [0.2, 0.25) is 0 Å². The third kappa shape index (κ3) is 4.32. The highest BCUT2D eigenvalue weighted by molar-refractivity contribution is 8.14. The second-order valence-corrected chi connectivity index (χ2v) is 7.20. The molecule has 8 heteroatoms. The number of nitrogens with zero attached hydrogens (tertiary/aromatic N) is 2. The first-order chi connectivity index (χ1) is 13.6. The number of benzene rings is 2. The second kappa shape index (κ2) is 9.14. The number of methoxy groups -OCH3 is 2. The average Bonchev–Trinajstić information content (AvgIpc) is 3.02. The maximum absolute atomic E-state index is 13.1. The van der Waals surface area contributed by atoms with E-state index in [1.54, 1.807) is 31.4 Å². The Balaban J connectivity index is 1.97. The minimum absolute atomic E-state index is 0.0207. The molecule has 2 aromatic carbocycles. The Hall–Kier alpha value is -2.48. The number of anilines is 1. The van der Waals surface area contributed by atoms with E-state index in [9.17, 15) is 9.90 Å². The monoisotopic (exact) mass is 418 g/mol. The van der Waals surface area contributed by atoms with Gasteiger partial charge < -0.3 is 14.6 Å². The highest BCUT2D eigenvalue weighted by atomic mass is 35.5. The molecule has 0 bridgehead atoms. The number of carbonyl (C=O) groups excluding carboxylic acids is 1.